The van der Waals surface area contributed by atoms with Crippen molar-refractivity contribution in [2.24, 2.45) is 11.8 Å². The van der Waals surface area contributed by atoms with Crippen LogP contribution in [0.4, 0.5) is 0 Å². The van der Waals surface area contributed by atoms with Gasteiger partial charge in [0.2, 0.25) is 11.8 Å². The third kappa shape index (κ3) is 2.21. The summed E-state index contributed by atoms with van der Waals surface area (Å²) in [7, 11) is 0. The molecule has 3 rings (SSSR count). The zero-order valence-electron chi connectivity index (χ0n) is 11.0. The molecule has 102 valence electrons. The second-order valence-corrected chi connectivity index (χ2v) is 5.14. The second kappa shape index (κ2) is 5.10. The number of imide groups is 1. The first-order valence-electron chi connectivity index (χ1n) is 6.75. The molecular formula is C16H15NO3. The summed E-state index contributed by atoms with van der Waals surface area (Å²) in [6.45, 7) is 0.330. The minimum absolute atomic E-state index is 0.0294. The molecule has 0 radical (unpaired) electrons. The lowest BCUT2D eigenvalue weighted by molar-refractivity contribution is -0.142. The first-order chi connectivity index (χ1) is 9.72. The van der Waals surface area contributed by atoms with Crippen LogP contribution < -0.4 is 0 Å². The van der Waals surface area contributed by atoms with Gasteiger partial charge >= 0.3 is 0 Å². The van der Waals surface area contributed by atoms with Crippen molar-refractivity contribution in [1.29, 1.82) is 0 Å². The number of benzene rings is 1. The van der Waals surface area contributed by atoms with Crippen LogP contribution in [-0.4, -0.2) is 28.4 Å². The van der Waals surface area contributed by atoms with Crippen molar-refractivity contribution < 1.29 is 14.7 Å². The molecule has 1 aromatic carbocycles. The highest BCUT2D eigenvalue weighted by atomic mass is 16.2. The van der Waals surface area contributed by atoms with Crippen LogP contribution >= 0.6 is 0 Å². The molecule has 2 atom stereocenters. The van der Waals surface area contributed by atoms with Crippen LogP contribution in [0.25, 0.3) is 0 Å². The van der Waals surface area contributed by atoms with Crippen molar-refractivity contribution in [3.8, 4) is 11.8 Å². The molecule has 4 heteroatoms. The van der Waals surface area contributed by atoms with E-state index in [2.05, 4.69) is 11.8 Å². The fourth-order valence-corrected chi connectivity index (χ4v) is 2.57. The highest BCUT2D eigenvalue weighted by molar-refractivity contribution is 6.08. The van der Waals surface area contributed by atoms with E-state index in [1.807, 2.05) is 24.3 Å². The van der Waals surface area contributed by atoms with Crippen LogP contribution in [0.15, 0.2) is 24.3 Å². The molecule has 2 aliphatic rings. The van der Waals surface area contributed by atoms with Gasteiger partial charge in [0.1, 0.15) is 0 Å². The van der Waals surface area contributed by atoms with Gasteiger partial charge in [0, 0.05) is 12.0 Å². The van der Waals surface area contributed by atoms with Gasteiger partial charge in [0.25, 0.3) is 0 Å². The summed E-state index contributed by atoms with van der Waals surface area (Å²) in [5, 5.41) is 8.75. The molecule has 1 saturated carbocycles. The Morgan fingerprint density at radius 1 is 1.20 bits per heavy atom. The Hall–Kier alpha value is -2.12. The average molecular weight is 269 g/mol. The smallest absolute Gasteiger partial charge is 0.233 e. The van der Waals surface area contributed by atoms with E-state index in [9.17, 15) is 9.59 Å². The minimum atomic E-state index is -0.0601. The number of fused-ring (bicyclic) bond motifs is 1. The number of carbonyl (C=O) groups is 2. The number of aliphatic hydroxyl groups is 1. The van der Waals surface area contributed by atoms with Crippen LogP contribution in [0.5, 0.6) is 0 Å². The van der Waals surface area contributed by atoms with Gasteiger partial charge in [-0.2, -0.15) is 0 Å². The predicted octanol–water partition coefficient (Wildman–Crippen LogP) is 0.925. The second-order valence-electron chi connectivity index (χ2n) is 5.14. The third-order valence-electron chi connectivity index (χ3n) is 3.76. The lowest BCUT2D eigenvalue weighted by Gasteiger charge is -2.17. The Labute approximate surface area is 117 Å². The lowest BCUT2D eigenvalue weighted by Crippen LogP contribution is -2.32. The topological polar surface area (TPSA) is 57.6 Å². The number of hydrogen-bond acceptors (Lipinski definition) is 3. The largest absolute Gasteiger partial charge is 0.395 e. The molecule has 1 aromatic rings. The molecule has 1 aliphatic heterocycles. The van der Waals surface area contributed by atoms with Gasteiger partial charge in [-0.1, -0.05) is 30.0 Å². The van der Waals surface area contributed by atoms with Gasteiger partial charge < -0.3 is 5.11 Å². The van der Waals surface area contributed by atoms with E-state index in [4.69, 9.17) is 5.11 Å². The summed E-state index contributed by atoms with van der Waals surface area (Å²) in [5.41, 5.74) is 1.68. The minimum Gasteiger partial charge on any atom is -0.395 e. The highest BCUT2D eigenvalue weighted by Crippen LogP contribution is 2.47. The summed E-state index contributed by atoms with van der Waals surface area (Å²) >= 11 is 0. The number of amides is 2. The molecule has 2 amide bonds. The number of carbonyl (C=O) groups excluding carboxylic acids is 2. The van der Waals surface area contributed by atoms with Crippen LogP contribution in [-0.2, 0) is 16.1 Å². The maximum absolute atomic E-state index is 12.0. The molecule has 4 nitrogen and oxygen atoms in total. The van der Waals surface area contributed by atoms with E-state index in [-0.39, 0.29) is 30.3 Å². The van der Waals surface area contributed by atoms with Crippen molar-refractivity contribution in [3.63, 3.8) is 0 Å². The van der Waals surface area contributed by atoms with Gasteiger partial charge in [0.05, 0.1) is 25.0 Å². The Bertz CT molecular complexity index is 606. The highest BCUT2D eigenvalue weighted by Gasteiger charge is 2.58. The van der Waals surface area contributed by atoms with Gasteiger partial charge in [-0.25, -0.2) is 0 Å². The predicted molar refractivity (Wildman–Crippen MR) is 72.2 cm³/mol. The Morgan fingerprint density at radius 2 is 1.90 bits per heavy atom. The average Bonchev–Trinajstić information content (AvgIpc) is 3.21. The number of nitrogens with zero attached hydrogens (tertiary/aromatic N) is 1. The fraction of sp³-hybridized carbons (Fsp3) is 0.375. The third-order valence-corrected chi connectivity index (χ3v) is 3.76. The number of aliphatic hydroxyl groups excluding tert-OH is 1. The first kappa shape index (κ1) is 12.9. The lowest BCUT2D eigenvalue weighted by atomic mass is 10.1. The van der Waals surface area contributed by atoms with Crippen molar-refractivity contribution in [3.05, 3.63) is 35.4 Å². The summed E-state index contributed by atoms with van der Waals surface area (Å²) in [5.74, 6) is 5.64. The SMILES string of the molecule is O=C1C2CC2C(=O)N1Cc1ccccc1C#CCCO. The van der Waals surface area contributed by atoms with Crippen molar-refractivity contribution in [2.45, 2.75) is 19.4 Å². The number of hydrogen-bond donors (Lipinski definition) is 1. The van der Waals surface area contributed by atoms with Crippen LogP contribution in [0.1, 0.15) is 24.0 Å². The summed E-state index contributed by atoms with van der Waals surface area (Å²) in [6, 6.07) is 7.49. The Kier molecular flexibility index (Phi) is 3.29. The number of likely N-dealkylation sites (tertiary alicyclic amines) is 1. The number of rotatable bonds is 3. The zero-order chi connectivity index (χ0) is 14.1. The molecule has 1 saturated heterocycles. The maximum atomic E-state index is 12.0. The van der Waals surface area contributed by atoms with Gasteiger partial charge in [-0.05, 0) is 18.1 Å². The van der Waals surface area contributed by atoms with Crippen molar-refractivity contribution in [1.82, 2.24) is 4.90 Å². The molecule has 1 heterocycles. The molecule has 20 heavy (non-hydrogen) atoms. The Morgan fingerprint density at radius 3 is 2.60 bits per heavy atom. The Balaban J connectivity index is 1.80. The van der Waals surface area contributed by atoms with E-state index in [1.165, 1.54) is 4.90 Å². The standard InChI is InChI=1S/C16H15NO3/c18-8-4-3-6-11-5-1-2-7-12(11)10-17-15(19)13-9-14(13)16(17)20/h1-2,5,7,13-14,18H,4,8-10H2. The van der Waals surface area contributed by atoms with E-state index in [0.29, 0.717) is 13.0 Å². The summed E-state index contributed by atoms with van der Waals surface area (Å²) < 4.78 is 0. The maximum Gasteiger partial charge on any atom is 0.233 e. The zero-order valence-corrected chi connectivity index (χ0v) is 11.0. The van der Waals surface area contributed by atoms with E-state index in [0.717, 1.165) is 17.5 Å². The monoisotopic (exact) mass is 269 g/mol. The first-order valence-corrected chi connectivity index (χ1v) is 6.75. The van der Waals surface area contributed by atoms with E-state index in [1.54, 1.807) is 0 Å². The van der Waals surface area contributed by atoms with Crippen molar-refractivity contribution in [2.75, 3.05) is 6.61 Å². The van der Waals surface area contributed by atoms with Crippen molar-refractivity contribution >= 4 is 11.8 Å². The summed E-state index contributed by atoms with van der Waals surface area (Å²) in [6.07, 6.45) is 1.15. The van der Waals surface area contributed by atoms with Gasteiger partial charge in [-0.15, -0.1) is 0 Å². The molecule has 1 aliphatic carbocycles. The van der Waals surface area contributed by atoms with E-state index >= 15 is 0 Å². The van der Waals surface area contributed by atoms with Crippen LogP contribution in [0.3, 0.4) is 0 Å². The molecule has 0 aromatic heterocycles. The van der Waals surface area contributed by atoms with Crippen LogP contribution in [0, 0.1) is 23.7 Å². The molecule has 2 unspecified atom stereocenters. The molecule has 1 N–H and O–H groups in total. The fourth-order valence-electron chi connectivity index (χ4n) is 2.57. The summed E-state index contributed by atoms with van der Waals surface area (Å²) in [4.78, 5) is 25.3. The van der Waals surface area contributed by atoms with Gasteiger partial charge in [0.15, 0.2) is 0 Å². The number of piperidine rings is 1. The quantitative estimate of drug-likeness (QED) is 0.656. The van der Waals surface area contributed by atoms with E-state index < -0.39 is 0 Å². The normalized spacial score (nSPS) is 23.4. The molecule has 0 bridgehead atoms. The molecule has 0 spiro atoms. The van der Waals surface area contributed by atoms with Crippen LogP contribution in [0.2, 0.25) is 0 Å². The molecule has 2 fully saturated rings. The molecular weight excluding hydrogens is 254 g/mol. The van der Waals surface area contributed by atoms with Gasteiger partial charge in [-0.3, -0.25) is 14.5 Å².